The van der Waals surface area contributed by atoms with Gasteiger partial charge in [0.15, 0.2) is 0 Å². The third-order valence-corrected chi connectivity index (χ3v) is 2.80. The van der Waals surface area contributed by atoms with Gasteiger partial charge in [-0.2, -0.15) is 0 Å². The van der Waals surface area contributed by atoms with Crippen LogP contribution in [0.2, 0.25) is 0 Å². The molecule has 2 N–H and O–H groups in total. The third-order valence-electron chi connectivity index (χ3n) is 2.80. The van der Waals surface area contributed by atoms with Crippen LogP contribution in [0.25, 0.3) is 17.0 Å². The normalized spacial score (nSPS) is 10.9. The number of fused-ring (bicyclic) bond motifs is 1. The molecule has 0 aliphatic rings. The van der Waals surface area contributed by atoms with Crippen LogP contribution in [-0.2, 0) is 6.42 Å². The number of rotatable bonds is 3. The van der Waals surface area contributed by atoms with Gasteiger partial charge >= 0.3 is 0 Å². The molecule has 0 atom stereocenters. The van der Waals surface area contributed by atoms with Gasteiger partial charge in [0.25, 0.3) is 0 Å². The Labute approximate surface area is 104 Å². The molecule has 5 heteroatoms. The molecule has 0 unspecified atom stereocenters. The van der Waals surface area contributed by atoms with Crippen LogP contribution in [0.1, 0.15) is 5.69 Å². The second-order valence-electron chi connectivity index (χ2n) is 4.01. The quantitative estimate of drug-likeness (QED) is 0.747. The molecule has 3 heterocycles. The number of hydrogen-bond donors (Lipinski definition) is 1. The molecule has 0 saturated carbocycles. The summed E-state index contributed by atoms with van der Waals surface area (Å²) in [6.07, 6.45) is 8.09. The molecule has 3 aromatic rings. The molecule has 0 bridgehead atoms. The molecule has 0 fully saturated rings. The zero-order valence-corrected chi connectivity index (χ0v) is 9.82. The maximum absolute atomic E-state index is 5.55. The standard InChI is InChI=1S/C13H13N5/c14-4-2-11-8-10(3-6-15-11)12-9-17-13-16-5-1-7-18(12)13/h1,3,5-9H,2,4,14H2. The minimum atomic E-state index is 0.602. The van der Waals surface area contributed by atoms with E-state index in [0.29, 0.717) is 12.3 Å². The van der Waals surface area contributed by atoms with Crippen LogP contribution < -0.4 is 5.73 Å². The summed E-state index contributed by atoms with van der Waals surface area (Å²) in [5.41, 5.74) is 8.64. The summed E-state index contributed by atoms with van der Waals surface area (Å²) in [5.74, 6) is 0.699. The molecule has 0 aliphatic heterocycles. The average molecular weight is 239 g/mol. The first-order chi connectivity index (χ1) is 8.88. The number of imidazole rings is 1. The summed E-state index contributed by atoms with van der Waals surface area (Å²) in [7, 11) is 0. The predicted octanol–water partition coefficient (Wildman–Crippen LogP) is 1.29. The van der Waals surface area contributed by atoms with Crippen LogP contribution in [0.15, 0.2) is 43.0 Å². The van der Waals surface area contributed by atoms with Crippen molar-refractivity contribution in [2.75, 3.05) is 6.54 Å². The predicted molar refractivity (Wildman–Crippen MR) is 69.0 cm³/mol. The van der Waals surface area contributed by atoms with Gasteiger partial charge in [-0.05, 0) is 24.7 Å². The molecule has 0 radical (unpaired) electrons. The lowest BCUT2D eigenvalue weighted by molar-refractivity contribution is 0.923. The van der Waals surface area contributed by atoms with Crippen molar-refractivity contribution in [1.82, 2.24) is 19.4 Å². The largest absolute Gasteiger partial charge is 0.330 e. The van der Waals surface area contributed by atoms with Crippen molar-refractivity contribution in [3.63, 3.8) is 0 Å². The van der Waals surface area contributed by atoms with Gasteiger partial charge in [0.2, 0.25) is 5.78 Å². The molecule has 18 heavy (non-hydrogen) atoms. The Morgan fingerprint density at radius 2 is 2.11 bits per heavy atom. The number of pyridine rings is 1. The van der Waals surface area contributed by atoms with Crippen LogP contribution in [-0.4, -0.2) is 25.9 Å². The van der Waals surface area contributed by atoms with Crippen molar-refractivity contribution < 1.29 is 0 Å². The maximum atomic E-state index is 5.55. The molecule has 3 aromatic heterocycles. The van der Waals surface area contributed by atoms with E-state index in [1.165, 1.54) is 0 Å². The fourth-order valence-corrected chi connectivity index (χ4v) is 1.96. The zero-order chi connectivity index (χ0) is 12.4. The van der Waals surface area contributed by atoms with E-state index in [1.54, 1.807) is 12.4 Å². The van der Waals surface area contributed by atoms with Gasteiger partial charge in [-0.3, -0.25) is 9.38 Å². The van der Waals surface area contributed by atoms with Crippen molar-refractivity contribution in [3.8, 4) is 11.3 Å². The highest BCUT2D eigenvalue weighted by atomic mass is 15.1. The van der Waals surface area contributed by atoms with E-state index < -0.39 is 0 Å². The van der Waals surface area contributed by atoms with E-state index in [1.807, 2.05) is 35.0 Å². The molecular formula is C13H13N5. The first-order valence-corrected chi connectivity index (χ1v) is 5.82. The summed E-state index contributed by atoms with van der Waals surface area (Å²) >= 11 is 0. The smallest absolute Gasteiger partial charge is 0.234 e. The summed E-state index contributed by atoms with van der Waals surface area (Å²) in [5, 5.41) is 0. The molecule has 0 aromatic carbocycles. The lowest BCUT2D eigenvalue weighted by atomic mass is 10.1. The summed E-state index contributed by atoms with van der Waals surface area (Å²) in [4.78, 5) is 12.8. The van der Waals surface area contributed by atoms with E-state index in [9.17, 15) is 0 Å². The van der Waals surface area contributed by atoms with Crippen molar-refractivity contribution in [1.29, 1.82) is 0 Å². The van der Waals surface area contributed by atoms with Gasteiger partial charge < -0.3 is 5.73 Å². The van der Waals surface area contributed by atoms with Crippen molar-refractivity contribution in [2.45, 2.75) is 6.42 Å². The van der Waals surface area contributed by atoms with Crippen LogP contribution in [0, 0.1) is 0 Å². The van der Waals surface area contributed by atoms with Gasteiger partial charge in [-0.15, -0.1) is 0 Å². The van der Waals surface area contributed by atoms with Gasteiger partial charge in [0, 0.05) is 36.3 Å². The van der Waals surface area contributed by atoms with E-state index in [2.05, 4.69) is 15.0 Å². The van der Waals surface area contributed by atoms with Crippen molar-refractivity contribution >= 4 is 5.78 Å². The first kappa shape index (κ1) is 10.9. The Morgan fingerprint density at radius 1 is 1.17 bits per heavy atom. The summed E-state index contributed by atoms with van der Waals surface area (Å²) in [6, 6.07) is 5.90. The van der Waals surface area contributed by atoms with Crippen molar-refractivity contribution in [2.24, 2.45) is 5.73 Å². The van der Waals surface area contributed by atoms with Crippen LogP contribution in [0.4, 0.5) is 0 Å². The second kappa shape index (κ2) is 4.54. The lowest BCUT2D eigenvalue weighted by Gasteiger charge is -2.03. The van der Waals surface area contributed by atoms with E-state index >= 15 is 0 Å². The number of nitrogens with two attached hydrogens (primary N) is 1. The molecule has 0 spiro atoms. The number of aromatic nitrogens is 4. The average Bonchev–Trinajstić information content (AvgIpc) is 2.83. The molecule has 90 valence electrons. The van der Waals surface area contributed by atoms with E-state index in [0.717, 1.165) is 23.4 Å². The Hall–Kier alpha value is -2.27. The van der Waals surface area contributed by atoms with Crippen LogP contribution >= 0.6 is 0 Å². The first-order valence-electron chi connectivity index (χ1n) is 5.82. The highest BCUT2D eigenvalue weighted by molar-refractivity contribution is 5.62. The minimum absolute atomic E-state index is 0.602. The lowest BCUT2D eigenvalue weighted by Crippen LogP contribution is -2.04. The van der Waals surface area contributed by atoms with Gasteiger partial charge in [0.1, 0.15) is 0 Å². The van der Waals surface area contributed by atoms with Crippen LogP contribution in [0.5, 0.6) is 0 Å². The second-order valence-corrected chi connectivity index (χ2v) is 4.01. The van der Waals surface area contributed by atoms with E-state index in [-0.39, 0.29) is 0 Å². The molecule has 0 amide bonds. The monoisotopic (exact) mass is 239 g/mol. The molecule has 0 saturated heterocycles. The minimum Gasteiger partial charge on any atom is -0.330 e. The molecule has 5 nitrogen and oxygen atoms in total. The Kier molecular flexibility index (Phi) is 2.74. The van der Waals surface area contributed by atoms with Crippen LogP contribution in [0.3, 0.4) is 0 Å². The third kappa shape index (κ3) is 1.84. The van der Waals surface area contributed by atoms with Gasteiger partial charge in [-0.1, -0.05) is 0 Å². The highest BCUT2D eigenvalue weighted by Gasteiger charge is 2.06. The van der Waals surface area contributed by atoms with E-state index in [4.69, 9.17) is 5.73 Å². The molecule has 3 rings (SSSR count). The maximum Gasteiger partial charge on any atom is 0.234 e. The summed E-state index contributed by atoms with van der Waals surface area (Å²) < 4.78 is 1.96. The SMILES string of the molecule is NCCc1cc(-c2cnc3ncccn23)ccn1. The molecular weight excluding hydrogens is 226 g/mol. The summed E-state index contributed by atoms with van der Waals surface area (Å²) in [6.45, 7) is 0.602. The highest BCUT2D eigenvalue weighted by Crippen LogP contribution is 2.20. The topological polar surface area (TPSA) is 69.1 Å². The Balaban J connectivity index is 2.11. The molecule has 0 aliphatic carbocycles. The van der Waals surface area contributed by atoms with Gasteiger partial charge in [-0.25, -0.2) is 9.97 Å². The Morgan fingerprint density at radius 3 is 3.00 bits per heavy atom. The fraction of sp³-hybridized carbons (Fsp3) is 0.154. The number of nitrogens with zero attached hydrogens (tertiary/aromatic N) is 4. The Bertz CT molecular complexity index is 674. The zero-order valence-electron chi connectivity index (χ0n) is 9.82. The van der Waals surface area contributed by atoms with Crippen molar-refractivity contribution in [3.05, 3.63) is 48.7 Å². The fourth-order valence-electron chi connectivity index (χ4n) is 1.96. The van der Waals surface area contributed by atoms with Gasteiger partial charge in [0.05, 0.1) is 11.9 Å². The number of hydrogen-bond acceptors (Lipinski definition) is 4.